The summed E-state index contributed by atoms with van der Waals surface area (Å²) in [5, 5.41) is 3.87. The summed E-state index contributed by atoms with van der Waals surface area (Å²) in [6, 6.07) is 7.75. The summed E-state index contributed by atoms with van der Waals surface area (Å²) < 4.78 is 29.4. The van der Waals surface area contributed by atoms with Gasteiger partial charge in [0.05, 0.1) is 4.90 Å². The molecule has 2 saturated heterocycles. The van der Waals surface area contributed by atoms with E-state index in [0.717, 1.165) is 43.1 Å². The highest BCUT2D eigenvalue weighted by Crippen LogP contribution is 2.25. The van der Waals surface area contributed by atoms with E-state index in [2.05, 4.69) is 17.1 Å². The zero-order valence-electron chi connectivity index (χ0n) is 19.1. The van der Waals surface area contributed by atoms with E-state index in [4.69, 9.17) is 0 Å². The van der Waals surface area contributed by atoms with Crippen molar-refractivity contribution >= 4 is 26.8 Å². The lowest BCUT2D eigenvalue weighted by atomic mass is 10.0. The van der Waals surface area contributed by atoms with Crippen LogP contribution in [0.2, 0.25) is 0 Å². The molecule has 2 aromatic rings. The Hall–Kier alpha value is -1.90. The van der Waals surface area contributed by atoms with Gasteiger partial charge in [-0.2, -0.15) is 4.31 Å². The monoisotopic (exact) mass is 460 g/mol. The Morgan fingerprint density at radius 3 is 2.62 bits per heavy atom. The van der Waals surface area contributed by atoms with Crippen LogP contribution in [-0.2, 0) is 21.4 Å². The molecule has 2 fully saturated rings. The number of likely N-dealkylation sites (tertiary alicyclic amines) is 1. The van der Waals surface area contributed by atoms with Gasteiger partial charge in [0.1, 0.15) is 6.54 Å². The van der Waals surface area contributed by atoms with E-state index in [0.29, 0.717) is 30.6 Å². The Bertz CT molecular complexity index is 1030. The van der Waals surface area contributed by atoms with E-state index in [1.54, 1.807) is 16.4 Å². The van der Waals surface area contributed by atoms with E-state index in [1.807, 2.05) is 22.9 Å². The number of nitrogens with one attached hydrogen (secondary N) is 1. The normalized spacial score (nSPS) is 21.1. The molecule has 1 aromatic carbocycles. The minimum Gasteiger partial charge on any atom is -0.355 e. The number of fused-ring (bicyclic) bond motifs is 1. The van der Waals surface area contributed by atoms with Gasteiger partial charge in [0.15, 0.2) is 0 Å². The van der Waals surface area contributed by atoms with Gasteiger partial charge in [0, 0.05) is 49.3 Å². The predicted molar refractivity (Wildman–Crippen MR) is 127 cm³/mol. The van der Waals surface area contributed by atoms with Crippen molar-refractivity contribution in [1.82, 2.24) is 19.1 Å². The molecule has 32 heavy (non-hydrogen) atoms. The van der Waals surface area contributed by atoms with Crippen molar-refractivity contribution in [3.63, 3.8) is 0 Å². The molecule has 0 saturated carbocycles. The van der Waals surface area contributed by atoms with Crippen molar-refractivity contribution in [2.24, 2.45) is 0 Å². The van der Waals surface area contributed by atoms with Gasteiger partial charge in [-0.1, -0.05) is 12.8 Å². The number of rotatable bonds is 8. The Kier molecular flexibility index (Phi) is 7.53. The molecule has 0 bridgehead atoms. The zero-order valence-corrected chi connectivity index (χ0v) is 19.9. The van der Waals surface area contributed by atoms with Gasteiger partial charge < -0.3 is 14.8 Å². The van der Waals surface area contributed by atoms with Gasteiger partial charge in [0.25, 0.3) is 0 Å². The Labute approximate surface area is 191 Å². The summed E-state index contributed by atoms with van der Waals surface area (Å²) in [5.74, 6) is -0.0146. The van der Waals surface area contributed by atoms with Gasteiger partial charge in [-0.3, -0.25) is 4.79 Å². The molecule has 0 aliphatic carbocycles. The molecule has 2 aliphatic heterocycles. The van der Waals surface area contributed by atoms with Gasteiger partial charge in [0.2, 0.25) is 15.9 Å². The first-order valence-corrected chi connectivity index (χ1v) is 13.5. The number of hydrogen-bond donors (Lipinski definition) is 1. The third kappa shape index (κ3) is 5.35. The number of hydrogen-bond acceptors (Lipinski definition) is 4. The fourth-order valence-corrected chi connectivity index (χ4v) is 6.49. The molecule has 0 spiro atoms. The summed E-state index contributed by atoms with van der Waals surface area (Å²) in [6.07, 6.45) is 9.62. The number of piperidine rings is 2. The molecule has 1 amide bonds. The van der Waals surface area contributed by atoms with Gasteiger partial charge in [-0.25, -0.2) is 8.42 Å². The standard InChI is InChI=1S/C24H36N4O3S/c1-20-8-3-6-13-26(20)14-7-12-25-24(29)19-27-17-11-21-18-22(9-10-23(21)27)32(30,31)28-15-4-2-5-16-28/h9-11,17-18,20H,2-8,12-16,19H2,1H3,(H,25,29). The lowest BCUT2D eigenvalue weighted by molar-refractivity contribution is -0.121. The number of carbonyl (C=O) groups excluding carboxylic acids is 1. The number of amides is 1. The average molecular weight is 461 g/mol. The summed E-state index contributed by atoms with van der Waals surface area (Å²) >= 11 is 0. The second kappa shape index (κ2) is 10.4. The molecule has 0 radical (unpaired) electrons. The van der Waals surface area contributed by atoms with E-state index >= 15 is 0 Å². The molecule has 7 nitrogen and oxygen atoms in total. The number of nitrogens with zero attached hydrogens (tertiary/aromatic N) is 3. The summed E-state index contributed by atoms with van der Waals surface area (Å²) in [6.45, 7) is 6.60. The highest BCUT2D eigenvalue weighted by molar-refractivity contribution is 7.89. The molecule has 1 atom stereocenters. The van der Waals surface area contributed by atoms with Crippen molar-refractivity contribution < 1.29 is 13.2 Å². The first-order chi connectivity index (χ1) is 15.4. The van der Waals surface area contributed by atoms with Crippen molar-refractivity contribution in [3.05, 3.63) is 30.5 Å². The summed E-state index contributed by atoms with van der Waals surface area (Å²) in [4.78, 5) is 15.3. The highest BCUT2D eigenvalue weighted by atomic mass is 32.2. The van der Waals surface area contributed by atoms with Crippen LogP contribution in [0.25, 0.3) is 10.9 Å². The van der Waals surface area contributed by atoms with Crippen molar-refractivity contribution in [2.75, 3.05) is 32.7 Å². The molecule has 3 heterocycles. The molecular weight excluding hydrogens is 424 g/mol. The predicted octanol–water partition coefficient (Wildman–Crippen LogP) is 3.20. The number of sulfonamides is 1. The molecule has 2 aliphatic rings. The first kappa shape index (κ1) is 23.3. The quantitative estimate of drug-likeness (QED) is 0.614. The fraction of sp³-hybridized carbons (Fsp3) is 0.625. The van der Waals surface area contributed by atoms with E-state index < -0.39 is 10.0 Å². The highest BCUT2D eigenvalue weighted by Gasteiger charge is 2.26. The van der Waals surface area contributed by atoms with Crippen LogP contribution >= 0.6 is 0 Å². The largest absolute Gasteiger partial charge is 0.355 e. The maximum absolute atomic E-state index is 12.9. The van der Waals surface area contributed by atoms with Gasteiger partial charge in [-0.15, -0.1) is 0 Å². The Balaban J connectivity index is 1.32. The average Bonchev–Trinajstić information content (AvgIpc) is 3.20. The SMILES string of the molecule is CC1CCCCN1CCCNC(=O)Cn1ccc2cc(S(=O)(=O)N3CCCCC3)ccc21. The van der Waals surface area contributed by atoms with Gasteiger partial charge >= 0.3 is 0 Å². The fourth-order valence-electron chi connectivity index (χ4n) is 4.94. The lowest BCUT2D eigenvalue weighted by Gasteiger charge is -2.33. The van der Waals surface area contributed by atoms with Crippen LogP contribution in [0.15, 0.2) is 35.4 Å². The topological polar surface area (TPSA) is 74.6 Å². The van der Waals surface area contributed by atoms with Crippen LogP contribution in [0.5, 0.6) is 0 Å². The molecule has 8 heteroatoms. The second-order valence-corrected chi connectivity index (χ2v) is 11.2. The zero-order chi connectivity index (χ0) is 22.6. The lowest BCUT2D eigenvalue weighted by Crippen LogP contribution is -2.39. The smallest absolute Gasteiger partial charge is 0.243 e. The molecule has 1 unspecified atom stereocenters. The number of carbonyl (C=O) groups is 1. The second-order valence-electron chi connectivity index (χ2n) is 9.21. The summed E-state index contributed by atoms with van der Waals surface area (Å²) in [5.41, 5.74) is 0.875. The van der Waals surface area contributed by atoms with Crippen LogP contribution in [0.4, 0.5) is 0 Å². The third-order valence-corrected chi connectivity index (χ3v) is 8.79. The maximum atomic E-state index is 12.9. The maximum Gasteiger partial charge on any atom is 0.243 e. The minimum absolute atomic E-state index is 0.0146. The van der Waals surface area contributed by atoms with E-state index in [-0.39, 0.29) is 12.5 Å². The molecule has 1 N–H and O–H groups in total. The Morgan fingerprint density at radius 1 is 1.06 bits per heavy atom. The van der Waals surface area contributed by atoms with Crippen LogP contribution in [-0.4, -0.2) is 66.9 Å². The van der Waals surface area contributed by atoms with Crippen LogP contribution in [0, 0.1) is 0 Å². The van der Waals surface area contributed by atoms with Crippen molar-refractivity contribution in [1.29, 1.82) is 0 Å². The molecule has 176 valence electrons. The Morgan fingerprint density at radius 2 is 1.84 bits per heavy atom. The van der Waals surface area contributed by atoms with Crippen molar-refractivity contribution in [3.8, 4) is 0 Å². The number of benzene rings is 1. The van der Waals surface area contributed by atoms with Crippen LogP contribution in [0.1, 0.15) is 51.9 Å². The van der Waals surface area contributed by atoms with Crippen LogP contribution in [0.3, 0.4) is 0 Å². The summed E-state index contributed by atoms with van der Waals surface area (Å²) in [7, 11) is -3.45. The molecular formula is C24H36N4O3S. The minimum atomic E-state index is -3.45. The third-order valence-electron chi connectivity index (χ3n) is 6.89. The molecule has 1 aromatic heterocycles. The van der Waals surface area contributed by atoms with E-state index in [9.17, 15) is 13.2 Å². The van der Waals surface area contributed by atoms with Crippen LogP contribution < -0.4 is 5.32 Å². The number of aromatic nitrogens is 1. The molecule has 4 rings (SSSR count). The first-order valence-electron chi connectivity index (χ1n) is 12.0. The van der Waals surface area contributed by atoms with Crippen molar-refractivity contribution in [2.45, 2.75) is 69.4 Å². The van der Waals surface area contributed by atoms with Gasteiger partial charge in [-0.05, 0) is 69.8 Å². The van der Waals surface area contributed by atoms with E-state index in [1.165, 1.54) is 25.8 Å².